The van der Waals surface area contributed by atoms with Crippen molar-refractivity contribution in [1.82, 2.24) is 15.2 Å². The predicted octanol–water partition coefficient (Wildman–Crippen LogP) is 3.78. The second-order valence-electron chi connectivity index (χ2n) is 6.96. The van der Waals surface area contributed by atoms with E-state index in [0.717, 1.165) is 17.3 Å². The lowest BCUT2D eigenvalue weighted by Crippen LogP contribution is -2.18. The van der Waals surface area contributed by atoms with Crippen molar-refractivity contribution in [2.75, 3.05) is 0 Å². The van der Waals surface area contributed by atoms with Crippen LogP contribution in [0.25, 0.3) is 0 Å². The van der Waals surface area contributed by atoms with Gasteiger partial charge >= 0.3 is 0 Å². The highest BCUT2D eigenvalue weighted by Gasteiger charge is 2.28. The largest absolute Gasteiger partial charge is 0.288 e. The number of Topliss-reactive ketones (excluding diaryl/α,β-unsaturated/α-hetero) is 1. The summed E-state index contributed by atoms with van der Waals surface area (Å²) in [5, 5.41) is 6.90. The van der Waals surface area contributed by atoms with Crippen LogP contribution in [0.4, 0.5) is 0 Å². The number of rotatable bonds is 4. The van der Waals surface area contributed by atoms with Gasteiger partial charge in [-0.25, -0.2) is 4.98 Å². The Morgan fingerprint density at radius 3 is 2.33 bits per heavy atom. The molecule has 1 N–H and O–H groups in total. The van der Waals surface area contributed by atoms with E-state index in [9.17, 15) is 13.2 Å². The van der Waals surface area contributed by atoms with Crippen LogP contribution in [-0.4, -0.2) is 35.1 Å². The second-order valence-corrected chi connectivity index (χ2v) is 9.53. The van der Waals surface area contributed by atoms with Crippen molar-refractivity contribution < 1.29 is 13.2 Å². The highest BCUT2D eigenvalue weighted by atomic mass is 32.2. The van der Waals surface area contributed by atoms with Crippen LogP contribution in [0.15, 0.2) is 68.2 Å². The summed E-state index contributed by atoms with van der Waals surface area (Å²) in [5.74, 6) is -0.217. The van der Waals surface area contributed by atoms with Crippen molar-refractivity contribution >= 4 is 33.3 Å². The highest BCUT2D eigenvalue weighted by Crippen LogP contribution is 2.33. The smallest absolute Gasteiger partial charge is 0.283 e. The van der Waals surface area contributed by atoms with Gasteiger partial charge in [0.1, 0.15) is 6.33 Å². The topological polar surface area (TPSA) is 105 Å². The lowest BCUT2D eigenvalue weighted by Gasteiger charge is -2.17. The van der Waals surface area contributed by atoms with Crippen LogP contribution < -0.4 is 0 Å². The van der Waals surface area contributed by atoms with E-state index < -0.39 is 10.0 Å². The zero-order valence-corrected chi connectivity index (χ0v) is 18.1. The molecule has 7 nitrogen and oxygen atoms in total. The molecule has 0 saturated heterocycles. The third-order valence-electron chi connectivity index (χ3n) is 4.62. The number of thioether (sulfide) groups is 1. The normalized spacial score (nSPS) is 15.2. The van der Waals surface area contributed by atoms with Gasteiger partial charge in [0.15, 0.2) is 5.16 Å². The first-order valence-corrected chi connectivity index (χ1v) is 11.3. The number of allylic oxidation sites excluding steroid dienone is 2. The number of ketones is 1. The summed E-state index contributed by atoms with van der Waals surface area (Å²) in [6, 6.07) is 10.5. The first-order valence-electron chi connectivity index (χ1n) is 9.08. The van der Waals surface area contributed by atoms with Crippen molar-refractivity contribution in [1.29, 1.82) is 0 Å². The minimum atomic E-state index is -4.00. The van der Waals surface area contributed by atoms with Crippen molar-refractivity contribution in [3.63, 3.8) is 0 Å². The minimum absolute atomic E-state index is 0.188. The quantitative estimate of drug-likeness (QED) is 0.665. The number of sulfonamides is 1. The molecule has 0 spiro atoms. The zero-order chi connectivity index (χ0) is 21.5. The standard InChI is InChI=1S/C21H18N4O3S2/c1-12-8-13(2)20(14(3)9-12)30(27,28)25-17-10-18(29-21-22-11-23-24-21)19(26)16-7-5-4-6-15(16)17/h4-11H,1-3H3,(H,22,23,24). The van der Waals surface area contributed by atoms with Crippen LogP contribution in [0, 0.1) is 20.8 Å². The Kier molecular flexibility index (Phi) is 5.17. The maximum absolute atomic E-state index is 13.2. The van der Waals surface area contributed by atoms with E-state index in [0.29, 0.717) is 32.3 Å². The molecule has 9 heteroatoms. The average molecular weight is 439 g/mol. The van der Waals surface area contributed by atoms with Gasteiger partial charge < -0.3 is 0 Å². The van der Waals surface area contributed by atoms with Crippen molar-refractivity contribution in [3.05, 3.63) is 81.5 Å². The average Bonchev–Trinajstić information content (AvgIpc) is 3.17. The number of aryl methyl sites for hydroxylation is 3. The molecule has 152 valence electrons. The summed E-state index contributed by atoms with van der Waals surface area (Å²) in [5.41, 5.74) is 3.35. The van der Waals surface area contributed by atoms with Gasteiger partial charge in [0.05, 0.1) is 15.5 Å². The molecule has 1 heterocycles. The van der Waals surface area contributed by atoms with Gasteiger partial charge in [0, 0.05) is 11.1 Å². The molecule has 0 bridgehead atoms. The number of aromatic amines is 1. The van der Waals surface area contributed by atoms with Crippen LogP contribution >= 0.6 is 11.8 Å². The van der Waals surface area contributed by atoms with Crippen LogP contribution in [0.2, 0.25) is 0 Å². The molecule has 0 radical (unpaired) electrons. The van der Waals surface area contributed by atoms with Crippen LogP contribution in [0.5, 0.6) is 0 Å². The zero-order valence-electron chi connectivity index (χ0n) is 16.5. The number of nitrogens with one attached hydrogen (secondary N) is 1. The third kappa shape index (κ3) is 3.73. The van der Waals surface area contributed by atoms with Crippen molar-refractivity contribution in [2.24, 2.45) is 4.40 Å². The molecule has 0 amide bonds. The molecule has 30 heavy (non-hydrogen) atoms. The van der Waals surface area contributed by atoms with Crippen molar-refractivity contribution in [2.45, 2.75) is 30.8 Å². The first kappa shape index (κ1) is 20.2. The molecule has 0 saturated carbocycles. The Labute approximate surface area is 178 Å². The van der Waals surface area contributed by atoms with Gasteiger partial charge in [-0.2, -0.15) is 17.9 Å². The number of benzene rings is 2. The number of hydrogen-bond donors (Lipinski definition) is 1. The molecule has 1 aliphatic rings. The fourth-order valence-corrected chi connectivity index (χ4v) is 5.76. The van der Waals surface area contributed by atoms with Gasteiger partial charge in [-0.1, -0.05) is 42.0 Å². The Morgan fingerprint density at radius 2 is 1.70 bits per heavy atom. The van der Waals surface area contributed by atoms with Gasteiger partial charge in [-0.05, 0) is 49.7 Å². The third-order valence-corrected chi connectivity index (χ3v) is 7.13. The minimum Gasteiger partial charge on any atom is -0.288 e. The van der Waals surface area contributed by atoms with E-state index in [1.165, 1.54) is 12.4 Å². The van der Waals surface area contributed by atoms with Crippen molar-refractivity contribution in [3.8, 4) is 0 Å². The van der Waals surface area contributed by atoms with E-state index in [2.05, 4.69) is 19.6 Å². The van der Waals surface area contributed by atoms with E-state index in [1.807, 2.05) is 19.1 Å². The van der Waals surface area contributed by atoms with Gasteiger partial charge in [0.2, 0.25) is 5.78 Å². The summed E-state index contributed by atoms with van der Waals surface area (Å²) in [7, 11) is -4.00. The monoisotopic (exact) mass is 438 g/mol. The molecule has 4 rings (SSSR count). The number of hydrogen-bond acceptors (Lipinski definition) is 6. The number of carbonyl (C=O) groups excluding carboxylic acids is 1. The molecule has 0 unspecified atom stereocenters. The SMILES string of the molecule is Cc1cc(C)c(S(=O)(=O)N=C2C=C(Sc3ncn[nH]3)C(=O)c3ccccc32)c(C)c1. The summed E-state index contributed by atoms with van der Waals surface area (Å²) in [4.78, 5) is 17.4. The van der Waals surface area contributed by atoms with Gasteiger partial charge in [0.25, 0.3) is 10.0 Å². The molecular formula is C21H18N4O3S2. The van der Waals surface area contributed by atoms with E-state index in [4.69, 9.17) is 0 Å². The predicted molar refractivity (Wildman–Crippen MR) is 115 cm³/mol. The lowest BCUT2D eigenvalue weighted by atomic mass is 9.94. The number of fused-ring (bicyclic) bond motifs is 1. The van der Waals surface area contributed by atoms with E-state index in [1.54, 1.807) is 38.1 Å². The molecular weight excluding hydrogens is 420 g/mol. The second kappa shape index (κ2) is 7.66. The molecule has 0 atom stereocenters. The maximum atomic E-state index is 13.2. The fourth-order valence-electron chi connectivity index (χ4n) is 3.55. The first-order chi connectivity index (χ1) is 14.3. The molecule has 0 fully saturated rings. The number of carbonyl (C=O) groups is 1. The van der Waals surface area contributed by atoms with Gasteiger partial charge in [-0.15, -0.1) is 0 Å². The van der Waals surface area contributed by atoms with Crippen LogP contribution in [0.1, 0.15) is 32.6 Å². The Balaban J connectivity index is 1.87. The van der Waals surface area contributed by atoms with Crippen LogP contribution in [-0.2, 0) is 10.0 Å². The number of aromatic nitrogens is 3. The van der Waals surface area contributed by atoms with Gasteiger partial charge in [-0.3, -0.25) is 9.89 Å². The lowest BCUT2D eigenvalue weighted by molar-refractivity contribution is 0.104. The van der Waals surface area contributed by atoms with Crippen LogP contribution in [0.3, 0.4) is 0 Å². The van der Waals surface area contributed by atoms with E-state index >= 15 is 0 Å². The highest BCUT2D eigenvalue weighted by molar-refractivity contribution is 8.04. The number of nitrogens with zero attached hydrogens (tertiary/aromatic N) is 3. The Hall–Kier alpha value is -3.04. The van der Waals surface area contributed by atoms with E-state index in [-0.39, 0.29) is 16.4 Å². The molecule has 3 aromatic rings. The molecule has 1 aromatic heterocycles. The summed E-state index contributed by atoms with van der Waals surface area (Å²) >= 11 is 1.08. The fraction of sp³-hybridized carbons (Fsp3) is 0.143. The molecule has 2 aromatic carbocycles. The summed E-state index contributed by atoms with van der Waals surface area (Å²) in [6.07, 6.45) is 2.83. The Bertz CT molecular complexity index is 1300. The molecule has 0 aliphatic heterocycles. The summed E-state index contributed by atoms with van der Waals surface area (Å²) in [6.45, 7) is 5.43. The maximum Gasteiger partial charge on any atom is 0.283 e. The summed E-state index contributed by atoms with van der Waals surface area (Å²) < 4.78 is 30.6. The Morgan fingerprint density at radius 1 is 1.03 bits per heavy atom. The number of H-pyrrole nitrogens is 1. The molecule has 1 aliphatic carbocycles.